The molecule has 0 heterocycles. The molecule has 0 aromatic heterocycles. The van der Waals surface area contributed by atoms with Gasteiger partial charge in [0.25, 0.3) is 0 Å². The Hall–Kier alpha value is -0.0405. The predicted molar refractivity (Wildman–Crippen MR) is 41.2 cm³/mol. The van der Waals surface area contributed by atoms with Gasteiger partial charge in [-0.15, -0.1) is 6.42 Å². The van der Waals surface area contributed by atoms with Crippen LogP contribution in [0.25, 0.3) is 0 Å². The molecule has 0 spiro atoms. The summed E-state index contributed by atoms with van der Waals surface area (Å²) in [5.41, 5.74) is 0. The van der Waals surface area contributed by atoms with E-state index in [1.807, 2.05) is 38.2 Å². The van der Waals surface area contributed by atoms with Gasteiger partial charge in [-0.25, -0.2) is 12.2 Å². The van der Waals surface area contributed by atoms with Crippen molar-refractivity contribution in [3.63, 3.8) is 0 Å². The molecule has 0 N–H and O–H groups in total. The van der Waals surface area contributed by atoms with E-state index in [9.17, 15) is 0 Å². The zero-order valence-electron chi connectivity index (χ0n) is 6.76. The van der Waals surface area contributed by atoms with Crippen LogP contribution in [0.3, 0.4) is 0 Å². The molecule has 1 nitrogen and oxygen atoms in total. The number of rotatable bonds is 0. The van der Waals surface area contributed by atoms with E-state index in [4.69, 9.17) is 0 Å². The van der Waals surface area contributed by atoms with Crippen LogP contribution in [-0.4, -0.2) is 26.0 Å². The van der Waals surface area contributed by atoms with Crippen molar-refractivity contribution in [3.8, 4) is 0 Å². The zero-order chi connectivity index (χ0) is 7.11. The van der Waals surface area contributed by atoms with Crippen LogP contribution in [0, 0.1) is 6.08 Å². The summed E-state index contributed by atoms with van der Waals surface area (Å²) < 4.78 is 0. The van der Waals surface area contributed by atoms with E-state index in [-0.39, 0.29) is 17.1 Å². The molecule has 0 bridgehead atoms. The first kappa shape index (κ1) is 12.6. The summed E-state index contributed by atoms with van der Waals surface area (Å²) in [6, 6.07) is 0. The second-order valence-electron chi connectivity index (χ2n) is 2.34. The molecule has 0 aliphatic heterocycles. The maximum absolute atomic E-state index is 2.99. The number of nitrogens with zero attached hydrogens (tertiary/aromatic N) is 1. The monoisotopic (exact) mass is 179 g/mol. The molecule has 0 aromatic rings. The van der Waals surface area contributed by atoms with Gasteiger partial charge in [-0.05, 0) is 21.1 Å². The molecule has 0 fully saturated rings. The van der Waals surface area contributed by atoms with Gasteiger partial charge in [-0.2, -0.15) is 6.08 Å². The molecule has 0 unspecified atom stereocenters. The Morgan fingerprint density at radius 1 is 1.30 bits per heavy atom. The van der Waals surface area contributed by atoms with Crippen molar-refractivity contribution in [3.05, 3.63) is 24.3 Å². The third-order valence-electron chi connectivity index (χ3n) is 0.586. The third-order valence-corrected chi connectivity index (χ3v) is 0.586. The number of hydrogen-bond acceptors (Lipinski definition) is 1. The summed E-state index contributed by atoms with van der Waals surface area (Å²) in [4.78, 5) is 2.00. The Morgan fingerprint density at radius 2 is 1.80 bits per heavy atom. The summed E-state index contributed by atoms with van der Waals surface area (Å²) >= 11 is 0. The fraction of sp³-hybridized carbons (Fsp3) is 0.500. The van der Waals surface area contributed by atoms with Crippen LogP contribution in [-0.2, 0) is 17.1 Å². The van der Waals surface area contributed by atoms with Crippen LogP contribution in [0.4, 0.5) is 0 Å². The fourth-order valence-corrected chi connectivity index (χ4v) is 0.340. The first-order valence-corrected chi connectivity index (χ1v) is 3.06. The SMILES string of the molecule is CN(C)C.[C-]1=CC=CC1.[Mn]. The molecule has 0 saturated heterocycles. The topological polar surface area (TPSA) is 3.24 Å². The Morgan fingerprint density at radius 3 is 1.90 bits per heavy atom. The van der Waals surface area contributed by atoms with Crippen molar-refractivity contribution < 1.29 is 17.1 Å². The molecule has 0 aromatic carbocycles. The Balaban J connectivity index is 0. The van der Waals surface area contributed by atoms with Gasteiger partial charge in [-0.3, -0.25) is 6.08 Å². The van der Waals surface area contributed by atoms with Gasteiger partial charge in [0.15, 0.2) is 0 Å². The molecule has 1 aliphatic carbocycles. The normalized spacial score (nSPS) is 12.4. The Labute approximate surface area is 74.3 Å². The average Bonchev–Trinajstić information content (AvgIpc) is 2.11. The minimum atomic E-state index is 0. The first-order chi connectivity index (χ1) is 4.23. The second-order valence-corrected chi connectivity index (χ2v) is 2.34. The van der Waals surface area contributed by atoms with Gasteiger partial charge >= 0.3 is 0 Å². The van der Waals surface area contributed by atoms with E-state index in [0.29, 0.717) is 0 Å². The van der Waals surface area contributed by atoms with E-state index in [2.05, 4.69) is 12.2 Å². The van der Waals surface area contributed by atoms with E-state index in [1.165, 1.54) is 0 Å². The van der Waals surface area contributed by atoms with Crippen LogP contribution < -0.4 is 0 Å². The predicted octanol–water partition coefficient (Wildman–Crippen LogP) is 1.48. The van der Waals surface area contributed by atoms with Gasteiger partial charge < -0.3 is 4.90 Å². The van der Waals surface area contributed by atoms with Crippen molar-refractivity contribution in [1.29, 1.82) is 0 Å². The largest absolute Gasteiger partial charge is 0.312 e. The van der Waals surface area contributed by atoms with Crippen molar-refractivity contribution in [1.82, 2.24) is 4.90 Å². The molecular formula is C8H14MnN-. The minimum absolute atomic E-state index is 0. The second kappa shape index (κ2) is 8.96. The van der Waals surface area contributed by atoms with Gasteiger partial charge in [0.05, 0.1) is 0 Å². The molecule has 10 heavy (non-hydrogen) atoms. The molecule has 0 saturated carbocycles. The van der Waals surface area contributed by atoms with Gasteiger partial charge in [0.2, 0.25) is 0 Å². The van der Waals surface area contributed by atoms with Crippen LogP contribution >= 0.6 is 0 Å². The zero-order valence-corrected chi connectivity index (χ0v) is 7.94. The molecule has 0 amide bonds. The van der Waals surface area contributed by atoms with Gasteiger partial charge in [0, 0.05) is 17.1 Å². The maximum atomic E-state index is 2.99. The molecule has 1 rings (SSSR count). The molecule has 1 aliphatic rings. The van der Waals surface area contributed by atoms with Crippen LogP contribution in [0.1, 0.15) is 6.42 Å². The van der Waals surface area contributed by atoms with Gasteiger partial charge in [-0.1, -0.05) is 0 Å². The minimum Gasteiger partial charge on any atom is -0.312 e. The fourth-order valence-electron chi connectivity index (χ4n) is 0.340. The summed E-state index contributed by atoms with van der Waals surface area (Å²) in [6.45, 7) is 0. The van der Waals surface area contributed by atoms with E-state index in [1.54, 1.807) is 0 Å². The van der Waals surface area contributed by atoms with E-state index >= 15 is 0 Å². The van der Waals surface area contributed by atoms with Crippen molar-refractivity contribution in [2.45, 2.75) is 6.42 Å². The van der Waals surface area contributed by atoms with Crippen LogP contribution in [0.2, 0.25) is 0 Å². The molecule has 2 heteroatoms. The first-order valence-electron chi connectivity index (χ1n) is 3.06. The number of hydrogen-bond donors (Lipinski definition) is 0. The number of allylic oxidation sites excluding steroid dienone is 4. The van der Waals surface area contributed by atoms with Gasteiger partial charge in [0.1, 0.15) is 0 Å². The molecule has 0 atom stereocenters. The molecular weight excluding hydrogens is 165 g/mol. The van der Waals surface area contributed by atoms with E-state index in [0.717, 1.165) is 6.42 Å². The summed E-state index contributed by atoms with van der Waals surface area (Å²) in [5, 5.41) is 0. The standard InChI is InChI=1S/C5H5.C3H9N.Mn/c1-2-4-5-3-1;1-4(2)3;/h1-3H,4H2;1-3H3;/q-1;;. The molecule has 1 radical (unpaired) electrons. The van der Waals surface area contributed by atoms with Crippen molar-refractivity contribution >= 4 is 0 Å². The third kappa shape index (κ3) is 15.7. The Bertz CT molecular complexity index is 93.1. The van der Waals surface area contributed by atoms with Crippen LogP contribution in [0.15, 0.2) is 18.2 Å². The van der Waals surface area contributed by atoms with Crippen molar-refractivity contribution in [2.24, 2.45) is 0 Å². The summed E-state index contributed by atoms with van der Waals surface area (Å²) in [7, 11) is 6.00. The quantitative estimate of drug-likeness (QED) is 0.402. The molecule has 59 valence electrons. The van der Waals surface area contributed by atoms with Crippen molar-refractivity contribution in [2.75, 3.05) is 21.1 Å². The maximum Gasteiger partial charge on any atom is 0 e. The average molecular weight is 179 g/mol. The summed E-state index contributed by atoms with van der Waals surface area (Å²) in [6.07, 6.45) is 10.0. The Kier molecular flexibility index (Phi) is 11.3. The van der Waals surface area contributed by atoms with Crippen LogP contribution in [0.5, 0.6) is 0 Å². The summed E-state index contributed by atoms with van der Waals surface area (Å²) in [5.74, 6) is 0. The van der Waals surface area contributed by atoms with E-state index < -0.39 is 0 Å². The smallest absolute Gasteiger partial charge is 0 e.